The van der Waals surface area contributed by atoms with E-state index in [1.54, 1.807) is 11.1 Å². The van der Waals surface area contributed by atoms with Crippen molar-refractivity contribution in [3.63, 3.8) is 0 Å². The number of benzene rings is 2. The Labute approximate surface area is 156 Å². The van der Waals surface area contributed by atoms with Crippen molar-refractivity contribution < 1.29 is 18.7 Å². The Hall–Kier alpha value is -2.99. The summed E-state index contributed by atoms with van der Waals surface area (Å²) in [5, 5.41) is 1.99. The summed E-state index contributed by atoms with van der Waals surface area (Å²) in [4.78, 5) is 17.9. The van der Waals surface area contributed by atoms with Crippen LogP contribution in [0.5, 0.6) is 5.75 Å². The molecule has 3 aromatic rings. The van der Waals surface area contributed by atoms with Gasteiger partial charge in [-0.2, -0.15) is 0 Å². The average Bonchev–Trinajstić information content (AvgIpc) is 2.72. The lowest BCUT2D eigenvalue weighted by Crippen LogP contribution is -2.42. The maximum absolute atomic E-state index is 13.4. The number of fused-ring (bicyclic) bond motifs is 1. The number of hydrogen-bond acceptors (Lipinski definition) is 4. The second-order valence-electron chi connectivity index (χ2n) is 6.40. The summed E-state index contributed by atoms with van der Waals surface area (Å²) in [6.45, 7) is 2.34. The number of hydrogen-bond donors (Lipinski definition) is 0. The Kier molecular flexibility index (Phi) is 4.98. The predicted molar refractivity (Wildman–Crippen MR) is 100 cm³/mol. The van der Waals surface area contributed by atoms with Gasteiger partial charge in [0.25, 0.3) is 5.91 Å². The van der Waals surface area contributed by atoms with E-state index in [0.717, 1.165) is 16.3 Å². The summed E-state index contributed by atoms with van der Waals surface area (Å²) in [5.74, 6) is 0.211. The highest BCUT2D eigenvalue weighted by Gasteiger charge is 2.17. The molecular formula is C21H19FN2O3. The van der Waals surface area contributed by atoms with Crippen molar-refractivity contribution >= 4 is 16.7 Å². The Balaban J connectivity index is 1.51. The van der Waals surface area contributed by atoms with Gasteiger partial charge in [0.05, 0.1) is 19.4 Å². The highest BCUT2D eigenvalue weighted by Crippen LogP contribution is 2.27. The van der Waals surface area contributed by atoms with E-state index in [0.29, 0.717) is 37.6 Å². The van der Waals surface area contributed by atoms with Crippen molar-refractivity contribution in [3.8, 4) is 16.9 Å². The number of halogens is 1. The van der Waals surface area contributed by atoms with Crippen LogP contribution in [0.4, 0.5) is 4.39 Å². The molecule has 0 unspecified atom stereocenters. The standard InChI is InChI=1S/C21H19FN2O3/c22-19-10-18(12-23-13-19)16-2-1-15-3-4-20(11-17(15)9-16)27-14-21(25)24-5-7-26-8-6-24/h1-4,9-13H,5-8,14H2. The van der Waals surface area contributed by atoms with Crippen LogP contribution in [0.25, 0.3) is 21.9 Å². The molecule has 0 aliphatic carbocycles. The van der Waals surface area contributed by atoms with Crippen molar-refractivity contribution in [1.82, 2.24) is 9.88 Å². The molecule has 0 radical (unpaired) electrons. The van der Waals surface area contributed by atoms with Gasteiger partial charge in [-0.05, 0) is 40.6 Å². The molecule has 138 valence electrons. The van der Waals surface area contributed by atoms with Crippen LogP contribution < -0.4 is 4.74 Å². The number of pyridine rings is 1. The van der Waals surface area contributed by atoms with Crippen molar-refractivity contribution in [2.75, 3.05) is 32.9 Å². The molecule has 5 nitrogen and oxygen atoms in total. The third-order valence-electron chi connectivity index (χ3n) is 4.58. The van der Waals surface area contributed by atoms with E-state index >= 15 is 0 Å². The van der Waals surface area contributed by atoms with Crippen LogP contribution in [-0.4, -0.2) is 48.7 Å². The van der Waals surface area contributed by atoms with E-state index in [4.69, 9.17) is 9.47 Å². The van der Waals surface area contributed by atoms with Gasteiger partial charge in [-0.15, -0.1) is 0 Å². The van der Waals surface area contributed by atoms with Gasteiger partial charge in [0.15, 0.2) is 6.61 Å². The van der Waals surface area contributed by atoms with Crippen LogP contribution in [0, 0.1) is 5.82 Å². The molecule has 1 fully saturated rings. The van der Waals surface area contributed by atoms with Crippen molar-refractivity contribution in [2.45, 2.75) is 0 Å². The minimum atomic E-state index is -0.369. The summed E-state index contributed by atoms with van der Waals surface area (Å²) in [7, 11) is 0. The van der Waals surface area contributed by atoms with Crippen molar-refractivity contribution in [3.05, 3.63) is 60.7 Å². The Morgan fingerprint density at radius 3 is 2.67 bits per heavy atom. The summed E-state index contributed by atoms with van der Waals surface area (Å²) < 4.78 is 24.4. The minimum Gasteiger partial charge on any atom is -0.484 e. The fourth-order valence-corrected chi connectivity index (χ4v) is 3.11. The highest BCUT2D eigenvalue weighted by atomic mass is 19.1. The van der Waals surface area contributed by atoms with Gasteiger partial charge in [-0.3, -0.25) is 9.78 Å². The van der Waals surface area contributed by atoms with Crippen LogP contribution in [0.15, 0.2) is 54.9 Å². The van der Waals surface area contributed by atoms with Crippen LogP contribution in [0.2, 0.25) is 0 Å². The molecular weight excluding hydrogens is 347 g/mol. The molecule has 2 aromatic carbocycles. The third-order valence-corrected chi connectivity index (χ3v) is 4.58. The Morgan fingerprint density at radius 2 is 1.85 bits per heavy atom. The normalized spacial score (nSPS) is 14.3. The molecule has 4 rings (SSSR count). The molecule has 0 spiro atoms. The van der Waals surface area contributed by atoms with E-state index in [2.05, 4.69) is 4.98 Å². The van der Waals surface area contributed by atoms with Crippen LogP contribution in [-0.2, 0) is 9.53 Å². The fourth-order valence-electron chi connectivity index (χ4n) is 3.11. The number of morpholine rings is 1. The topological polar surface area (TPSA) is 51.7 Å². The van der Waals surface area contributed by atoms with Crippen molar-refractivity contribution in [2.24, 2.45) is 0 Å². The molecule has 1 saturated heterocycles. The third kappa shape index (κ3) is 4.06. The average molecular weight is 366 g/mol. The minimum absolute atomic E-state index is 0.000978. The molecule has 1 aliphatic rings. The van der Waals surface area contributed by atoms with E-state index in [9.17, 15) is 9.18 Å². The number of rotatable bonds is 4. The van der Waals surface area contributed by atoms with Crippen LogP contribution in [0.3, 0.4) is 0 Å². The number of ether oxygens (including phenoxy) is 2. The predicted octanol–water partition coefficient (Wildman–Crippen LogP) is 3.28. The smallest absolute Gasteiger partial charge is 0.260 e. The second kappa shape index (κ2) is 7.72. The first-order valence-corrected chi connectivity index (χ1v) is 8.82. The van der Waals surface area contributed by atoms with Crippen molar-refractivity contribution in [1.29, 1.82) is 0 Å². The fraction of sp³-hybridized carbons (Fsp3) is 0.238. The monoisotopic (exact) mass is 366 g/mol. The summed E-state index contributed by atoms with van der Waals surface area (Å²) in [6.07, 6.45) is 2.81. The largest absolute Gasteiger partial charge is 0.484 e. The van der Waals surface area contributed by atoms with Gasteiger partial charge in [0.2, 0.25) is 0 Å². The molecule has 1 aromatic heterocycles. The lowest BCUT2D eigenvalue weighted by atomic mass is 10.0. The van der Waals surface area contributed by atoms with Crippen LogP contribution >= 0.6 is 0 Å². The summed E-state index contributed by atoms with van der Waals surface area (Å²) >= 11 is 0. The van der Waals surface area contributed by atoms with E-state index in [-0.39, 0.29) is 18.3 Å². The number of carbonyl (C=O) groups is 1. The molecule has 0 saturated carbocycles. The first-order chi connectivity index (χ1) is 13.2. The molecule has 27 heavy (non-hydrogen) atoms. The Bertz CT molecular complexity index is 971. The molecule has 6 heteroatoms. The van der Waals surface area contributed by atoms with Gasteiger partial charge >= 0.3 is 0 Å². The van der Waals surface area contributed by atoms with Gasteiger partial charge in [-0.1, -0.05) is 18.2 Å². The molecule has 0 N–H and O–H groups in total. The van der Waals surface area contributed by atoms with Gasteiger partial charge in [-0.25, -0.2) is 4.39 Å². The number of amides is 1. The van der Waals surface area contributed by atoms with Gasteiger partial charge in [0, 0.05) is 24.8 Å². The highest BCUT2D eigenvalue weighted by molar-refractivity contribution is 5.88. The van der Waals surface area contributed by atoms with Gasteiger partial charge < -0.3 is 14.4 Å². The Morgan fingerprint density at radius 1 is 1.04 bits per heavy atom. The number of nitrogens with zero attached hydrogens (tertiary/aromatic N) is 2. The maximum Gasteiger partial charge on any atom is 0.260 e. The molecule has 0 atom stereocenters. The first-order valence-electron chi connectivity index (χ1n) is 8.82. The first kappa shape index (κ1) is 17.4. The van der Waals surface area contributed by atoms with E-state index in [1.165, 1.54) is 12.3 Å². The van der Waals surface area contributed by atoms with E-state index < -0.39 is 0 Å². The summed E-state index contributed by atoms with van der Waals surface area (Å²) in [5.41, 5.74) is 1.58. The zero-order valence-electron chi connectivity index (χ0n) is 14.7. The molecule has 1 aliphatic heterocycles. The lowest BCUT2D eigenvalue weighted by Gasteiger charge is -2.26. The quantitative estimate of drug-likeness (QED) is 0.711. The van der Waals surface area contributed by atoms with Gasteiger partial charge in [0.1, 0.15) is 11.6 Å². The number of aromatic nitrogens is 1. The number of carbonyl (C=O) groups excluding carboxylic acids is 1. The molecule has 2 heterocycles. The summed E-state index contributed by atoms with van der Waals surface area (Å²) in [6, 6.07) is 13.0. The van der Waals surface area contributed by atoms with Crippen LogP contribution in [0.1, 0.15) is 0 Å². The zero-order chi connectivity index (χ0) is 18.6. The zero-order valence-corrected chi connectivity index (χ0v) is 14.7. The maximum atomic E-state index is 13.4. The van der Waals surface area contributed by atoms with E-state index in [1.807, 2.05) is 36.4 Å². The second-order valence-corrected chi connectivity index (χ2v) is 6.40. The SMILES string of the molecule is O=C(COc1ccc2ccc(-c3cncc(F)c3)cc2c1)N1CCOCC1. The molecule has 0 bridgehead atoms. The lowest BCUT2D eigenvalue weighted by molar-refractivity contribution is -0.137. The molecule has 1 amide bonds.